The molecule has 1 aromatic carbocycles. The van der Waals surface area contributed by atoms with Gasteiger partial charge in [-0.1, -0.05) is 36.3 Å². The summed E-state index contributed by atoms with van der Waals surface area (Å²) in [5.74, 6) is 7.79. The first-order chi connectivity index (χ1) is 11.1. The van der Waals surface area contributed by atoms with Crippen LogP contribution in [0, 0.1) is 11.8 Å². The lowest BCUT2D eigenvalue weighted by atomic mass is 9.98. The van der Waals surface area contributed by atoms with Crippen LogP contribution in [0.3, 0.4) is 0 Å². The van der Waals surface area contributed by atoms with Gasteiger partial charge in [0.25, 0.3) is 0 Å². The van der Waals surface area contributed by atoms with E-state index >= 15 is 0 Å². The average Bonchev–Trinajstić information content (AvgIpc) is 3.02. The standard InChI is InChI=1S/C20H25NO2/c1-20(21,16-22)15-14-19-13-12-18(23-19)11-7-3-6-10-17-8-4-2-5-9-17/h2,4-5,8-9,12-13,22H,3,6,10,14-16,21H2,1H3/t20-/m1/s1. The van der Waals surface area contributed by atoms with Crippen molar-refractivity contribution in [3.05, 3.63) is 59.5 Å². The third-order valence-electron chi connectivity index (χ3n) is 3.79. The lowest BCUT2D eigenvalue weighted by molar-refractivity contribution is 0.199. The molecular weight excluding hydrogens is 286 g/mol. The normalized spacial score (nSPS) is 13.2. The van der Waals surface area contributed by atoms with Gasteiger partial charge in [-0.3, -0.25) is 0 Å². The van der Waals surface area contributed by atoms with Gasteiger partial charge in [0, 0.05) is 18.4 Å². The molecule has 0 fully saturated rings. The lowest BCUT2D eigenvalue weighted by Crippen LogP contribution is -2.40. The van der Waals surface area contributed by atoms with Crippen molar-refractivity contribution in [2.24, 2.45) is 5.73 Å². The second kappa shape index (κ2) is 8.57. The van der Waals surface area contributed by atoms with E-state index in [4.69, 9.17) is 15.3 Å². The predicted molar refractivity (Wildman–Crippen MR) is 93.0 cm³/mol. The van der Waals surface area contributed by atoms with Gasteiger partial charge in [0.05, 0.1) is 6.61 Å². The molecule has 0 radical (unpaired) electrons. The fourth-order valence-corrected chi connectivity index (χ4v) is 2.24. The molecule has 1 atom stereocenters. The van der Waals surface area contributed by atoms with E-state index in [2.05, 4.69) is 36.1 Å². The van der Waals surface area contributed by atoms with Crippen molar-refractivity contribution in [1.82, 2.24) is 0 Å². The molecule has 3 N–H and O–H groups in total. The van der Waals surface area contributed by atoms with Crippen molar-refractivity contribution in [1.29, 1.82) is 0 Å². The highest BCUT2D eigenvalue weighted by molar-refractivity contribution is 5.26. The predicted octanol–water partition coefficient (Wildman–Crippen LogP) is 3.30. The number of furan rings is 1. The Bertz CT molecular complexity index is 647. The van der Waals surface area contributed by atoms with Crippen molar-refractivity contribution in [2.45, 2.75) is 44.6 Å². The number of unbranched alkanes of at least 4 members (excludes halogenated alkanes) is 1. The summed E-state index contributed by atoms with van der Waals surface area (Å²) in [5.41, 5.74) is 6.70. The Morgan fingerprint density at radius 1 is 1.13 bits per heavy atom. The zero-order chi connectivity index (χ0) is 16.5. The number of aliphatic hydroxyl groups is 1. The summed E-state index contributed by atoms with van der Waals surface area (Å²) >= 11 is 0. The first-order valence-electron chi connectivity index (χ1n) is 8.10. The minimum absolute atomic E-state index is 0.0260. The van der Waals surface area contributed by atoms with E-state index in [1.807, 2.05) is 25.1 Å². The van der Waals surface area contributed by atoms with Gasteiger partial charge in [-0.2, -0.15) is 0 Å². The van der Waals surface area contributed by atoms with Crippen LogP contribution in [0.1, 0.15) is 43.3 Å². The maximum absolute atomic E-state index is 9.15. The Kier molecular flexibility index (Phi) is 6.46. The summed E-state index contributed by atoms with van der Waals surface area (Å²) in [6.45, 7) is 1.81. The lowest BCUT2D eigenvalue weighted by Gasteiger charge is -2.20. The summed E-state index contributed by atoms with van der Waals surface area (Å²) in [7, 11) is 0. The van der Waals surface area contributed by atoms with Gasteiger partial charge >= 0.3 is 0 Å². The zero-order valence-electron chi connectivity index (χ0n) is 13.7. The van der Waals surface area contributed by atoms with Crippen LogP contribution >= 0.6 is 0 Å². The van der Waals surface area contributed by atoms with Crippen LogP contribution in [-0.4, -0.2) is 17.3 Å². The van der Waals surface area contributed by atoms with E-state index < -0.39 is 5.54 Å². The number of hydrogen-bond acceptors (Lipinski definition) is 3. The van der Waals surface area contributed by atoms with E-state index in [1.54, 1.807) is 0 Å². The van der Waals surface area contributed by atoms with Gasteiger partial charge < -0.3 is 15.3 Å². The molecular formula is C20H25NO2. The molecule has 0 unspecified atom stereocenters. The zero-order valence-corrected chi connectivity index (χ0v) is 13.7. The van der Waals surface area contributed by atoms with Gasteiger partial charge in [0.1, 0.15) is 5.76 Å². The van der Waals surface area contributed by atoms with Crippen molar-refractivity contribution < 1.29 is 9.52 Å². The Labute approximate surface area is 138 Å². The smallest absolute Gasteiger partial charge is 0.177 e. The SMILES string of the molecule is C[C@](N)(CO)CCc1ccc(C#CCCCc2ccccc2)o1. The summed E-state index contributed by atoms with van der Waals surface area (Å²) in [5, 5.41) is 9.15. The molecule has 2 rings (SSSR count). The van der Waals surface area contributed by atoms with Gasteiger partial charge in [0.15, 0.2) is 5.76 Å². The van der Waals surface area contributed by atoms with Crippen LogP contribution in [0.5, 0.6) is 0 Å². The first kappa shape index (κ1) is 17.3. The monoisotopic (exact) mass is 311 g/mol. The highest BCUT2D eigenvalue weighted by Gasteiger charge is 2.17. The first-order valence-corrected chi connectivity index (χ1v) is 8.10. The molecule has 0 amide bonds. The molecule has 0 spiro atoms. The van der Waals surface area contributed by atoms with Gasteiger partial charge in [-0.15, -0.1) is 0 Å². The number of rotatable bonds is 7. The molecule has 23 heavy (non-hydrogen) atoms. The highest BCUT2D eigenvalue weighted by atomic mass is 16.3. The largest absolute Gasteiger partial charge is 0.453 e. The van der Waals surface area contributed by atoms with Gasteiger partial charge in [-0.05, 0) is 49.8 Å². The van der Waals surface area contributed by atoms with E-state index in [1.165, 1.54) is 5.56 Å². The fourth-order valence-electron chi connectivity index (χ4n) is 2.24. The fraction of sp³-hybridized carbons (Fsp3) is 0.400. The van der Waals surface area contributed by atoms with E-state index in [-0.39, 0.29) is 6.61 Å². The molecule has 0 bridgehead atoms. The maximum Gasteiger partial charge on any atom is 0.177 e. The molecule has 0 aliphatic heterocycles. The molecule has 2 aromatic rings. The Morgan fingerprint density at radius 2 is 1.91 bits per heavy atom. The number of hydrogen-bond donors (Lipinski definition) is 2. The van der Waals surface area contributed by atoms with Gasteiger partial charge in [0.2, 0.25) is 0 Å². The van der Waals surface area contributed by atoms with Crippen LogP contribution in [0.15, 0.2) is 46.9 Å². The van der Waals surface area contributed by atoms with Crippen LogP contribution in [0.25, 0.3) is 0 Å². The summed E-state index contributed by atoms with van der Waals surface area (Å²) in [6, 6.07) is 14.3. The number of benzene rings is 1. The number of aliphatic hydroxyl groups excluding tert-OH is 1. The molecule has 0 aliphatic carbocycles. The third kappa shape index (κ3) is 6.32. The van der Waals surface area contributed by atoms with Crippen LogP contribution in [0.4, 0.5) is 0 Å². The second-order valence-electron chi connectivity index (χ2n) is 6.22. The minimum atomic E-state index is -0.559. The van der Waals surface area contributed by atoms with Crippen molar-refractivity contribution in [3.8, 4) is 11.8 Å². The Hall–Kier alpha value is -2.02. The number of nitrogens with two attached hydrogens (primary N) is 1. The molecule has 1 aromatic heterocycles. The average molecular weight is 311 g/mol. The third-order valence-corrected chi connectivity index (χ3v) is 3.79. The minimum Gasteiger partial charge on any atom is -0.453 e. The molecule has 1 heterocycles. The molecule has 0 saturated heterocycles. The summed E-state index contributed by atoms with van der Waals surface area (Å²) in [4.78, 5) is 0. The van der Waals surface area contributed by atoms with Gasteiger partial charge in [-0.25, -0.2) is 0 Å². The number of aryl methyl sites for hydroxylation is 2. The van der Waals surface area contributed by atoms with E-state index in [0.717, 1.165) is 25.0 Å². The summed E-state index contributed by atoms with van der Waals surface area (Å²) < 4.78 is 5.68. The quantitative estimate of drug-likeness (QED) is 0.609. The molecule has 122 valence electrons. The van der Waals surface area contributed by atoms with Crippen molar-refractivity contribution in [2.75, 3.05) is 6.61 Å². The van der Waals surface area contributed by atoms with E-state index in [0.29, 0.717) is 18.6 Å². The second-order valence-corrected chi connectivity index (χ2v) is 6.22. The van der Waals surface area contributed by atoms with Crippen LogP contribution in [0.2, 0.25) is 0 Å². The van der Waals surface area contributed by atoms with Crippen LogP contribution in [-0.2, 0) is 12.8 Å². The maximum atomic E-state index is 9.15. The van der Waals surface area contributed by atoms with E-state index in [9.17, 15) is 0 Å². The molecule has 3 heteroatoms. The van der Waals surface area contributed by atoms with Crippen molar-refractivity contribution >= 4 is 0 Å². The van der Waals surface area contributed by atoms with Crippen molar-refractivity contribution in [3.63, 3.8) is 0 Å². The Morgan fingerprint density at radius 3 is 2.65 bits per heavy atom. The highest BCUT2D eigenvalue weighted by Crippen LogP contribution is 2.14. The molecule has 3 nitrogen and oxygen atoms in total. The van der Waals surface area contributed by atoms with Crippen LogP contribution < -0.4 is 5.73 Å². The topological polar surface area (TPSA) is 59.4 Å². The molecule has 0 aliphatic rings. The summed E-state index contributed by atoms with van der Waals surface area (Å²) in [6.07, 6.45) is 4.35. The Balaban J connectivity index is 1.74. The molecule has 0 saturated carbocycles.